The van der Waals surface area contributed by atoms with Crippen LogP contribution in [0.25, 0.3) is 16.9 Å². The second kappa shape index (κ2) is 8.63. The van der Waals surface area contributed by atoms with Crippen LogP contribution in [0.4, 0.5) is 0 Å². The molecule has 0 spiro atoms. The molecule has 0 unspecified atom stereocenters. The van der Waals surface area contributed by atoms with Crippen LogP contribution in [0.5, 0.6) is 0 Å². The summed E-state index contributed by atoms with van der Waals surface area (Å²) in [6.07, 6.45) is 2.85. The molecule has 5 nitrogen and oxygen atoms in total. The predicted molar refractivity (Wildman–Crippen MR) is 121 cm³/mol. The van der Waals surface area contributed by atoms with E-state index in [0.29, 0.717) is 11.4 Å². The number of nitrogens with zero attached hydrogens (tertiary/aromatic N) is 4. The molecule has 0 aliphatic carbocycles. The fraction of sp³-hybridized carbons (Fsp3) is 0.208. The average Bonchev–Trinajstić information content (AvgIpc) is 3.38. The first-order chi connectivity index (χ1) is 14.6. The molecule has 1 amide bonds. The zero-order chi connectivity index (χ0) is 21.1. The van der Waals surface area contributed by atoms with Crippen LogP contribution in [0, 0.1) is 6.92 Å². The minimum absolute atomic E-state index is 0.00354. The molecule has 6 heteroatoms. The van der Waals surface area contributed by atoms with Gasteiger partial charge in [0.15, 0.2) is 0 Å². The van der Waals surface area contributed by atoms with Crippen LogP contribution in [0.3, 0.4) is 0 Å². The lowest BCUT2D eigenvalue weighted by Crippen LogP contribution is -2.26. The molecule has 2 heterocycles. The molecule has 0 aliphatic heterocycles. The fourth-order valence-electron chi connectivity index (χ4n) is 3.38. The van der Waals surface area contributed by atoms with Crippen LogP contribution in [0.2, 0.25) is 0 Å². The van der Waals surface area contributed by atoms with Crippen LogP contribution >= 0.6 is 11.3 Å². The van der Waals surface area contributed by atoms with Gasteiger partial charge in [0.2, 0.25) is 0 Å². The molecule has 4 aromatic rings. The van der Waals surface area contributed by atoms with E-state index in [1.165, 1.54) is 11.3 Å². The van der Waals surface area contributed by atoms with Crippen molar-refractivity contribution >= 4 is 17.2 Å². The van der Waals surface area contributed by atoms with Gasteiger partial charge >= 0.3 is 0 Å². The van der Waals surface area contributed by atoms with Crippen molar-refractivity contribution in [2.24, 2.45) is 0 Å². The van der Waals surface area contributed by atoms with Crippen molar-refractivity contribution in [2.75, 3.05) is 7.05 Å². The Morgan fingerprint density at radius 2 is 1.73 bits per heavy atom. The number of carbonyl (C=O) groups is 1. The molecule has 0 saturated carbocycles. The van der Waals surface area contributed by atoms with Crippen LogP contribution in [-0.2, 0) is 13.0 Å². The summed E-state index contributed by atoms with van der Waals surface area (Å²) in [5.74, 6) is -0.00354. The number of thiazole rings is 1. The first-order valence-electron chi connectivity index (χ1n) is 9.98. The van der Waals surface area contributed by atoms with Crippen LogP contribution < -0.4 is 0 Å². The first-order valence-corrected chi connectivity index (χ1v) is 10.8. The topological polar surface area (TPSA) is 51.0 Å². The lowest BCUT2D eigenvalue weighted by molar-refractivity contribution is 0.0789. The third-order valence-electron chi connectivity index (χ3n) is 4.95. The normalized spacial score (nSPS) is 10.9. The highest BCUT2D eigenvalue weighted by molar-refractivity contribution is 7.13. The summed E-state index contributed by atoms with van der Waals surface area (Å²) >= 11 is 1.49. The van der Waals surface area contributed by atoms with Crippen LogP contribution in [-0.4, -0.2) is 32.6 Å². The number of carbonyl (C=O) groups excluding carboxylic acids is 1. The van der Waals surface area contributed by atoms with E-state index in [1.54, 1.807) is 4.90 Å². The number of amides is 1. The lowest BCUT2D eigenvalue weighted by Gasteiger charge is -2.16. The van der Waals surface area contributed by atoms with Gasteiger partial charge in [-0.25, -0.2) is 9.67 Å². The third-order valence-corrected chi connectivity index (χ3v) is 6.24. The van der Waals surface area contributed by atoms with Gasteiger partial charge in [-0.15, -0.1) is 11.3 Å². The van der Waals surface area contributed by atoms with Crippen molar-refractivity contribution < 1.29 is 4.79 Å². The quantitative estimate of drug-likeness (QED) is 0.437. The Morgan fingerprint density at radius 3 is 2.37 bits per heavy atom. The van der Waals surface area contributed by atoms with Gasteiger partial charge in [-0.3, -0.25) is 4.79 Å². The average molecular weight is 417 g/mol. The van der Waals surface area contributed by atoms with Crippen molar-refractivity contribution in [1.82, 2.24) is 19.7 Å². The summed E-state index contributed by atoms with van der Waals surface area (Å²) in [5, 5.41) is 5.83. The smallest absolute Gasteiger partial charge is 0.265 e. The summed E-state index contributed by atoms with van der Waals surface area (Å²) < 4.78 is 1.88. The highest BCUT2D eigenvalue weighted by atomic mass is 32.1. The molecule has 0 saturated heterocycles. The highest BCUT2D eigenvalue weighted by Crippen LogP contribution is 2.26. The number of aromatic nitrogens is 3. The van der Waals surface area contributed by atoms with Crippen molar-refractivity contribution in [3.8, 4) is 16.9 Å². The van der Waals surface area contributed by atoms with E-state index in [4.69, 9.17) is 5.10 Å². The molecule has 152 valence electrons. The Bertz CT molecular complexity index is 1150. The molecule has 0 aliphatic rings. The molecule has 2 aromatic carbocycles. The van der Waals surface area contributed by atoms with Crippen LogP contribution in [0.1, 0.15) is 32.9 Å². The molecular formula is C24H24N4OS. The number of benzene rings is 2. The molecule has 0 bridgehead atoms. The Morgan fingerprint density at radius 1 is 1.07 bits per heavy atom. The standard InChI is InChI=1S/C24H24N4OS/c1-4-21-25-17(2)23(30-21)24(29)27(3)15-19-16-28(20-13-9-6-10-14-20)26-22(19)18-11-7-5-8-12-18/h5-14,16H,4,15H2,1-3H3. The molecule has 0 fully saturated rings. The first kappa shape index (κ1) is 20.0. The van der Waals surface area contributed by atoms with Crippen LogP contribution in [0.15, 0.2) is 66.9 Å². The van der Waals surface area contributed by atoms with Gasteiger partial charge in [0, 0.05) is 30.9 Å². The summed E-state index contributed by atoms with van der Waals surface area (Å²) in [4.78, 5) is 20.1. The molecule has 2 aromatic heterocycles. The number of rotatable bonds is 6. The van der Waals surface area contributed by atoms with Gasteiger partial charge in [-0.1, -0.05) is 55.5 Å². The van der Waals surface area contributed by atoms with E-state index in [2.05, 4.69) is 11.9 Å². The monoisotopic (exact) mass is 416 g/mol. The molecular weight excluding hydrogens is 392 g/mol. The molecule has 0 N–H and O–H groups in total. The van der Waals surface area contributed by atoms with E-state index in [9.17, 15) is 4.79 Å². The van der Waals surface area contributed by atoms with Crippen molar-refractivity contribution in [1.29, 1.82) is 0 Å². The Hall–Kier alpha value is -3.25. The summed E-state index contributed by atoms with van der Waals surface area (Å²) in [5.41, 5.74) is 4.70. The molecule has 0 radical (unpaired) electrons. The maximum atomic E-state index is 13.1. The van der Waals surface area contributed by atoms with Crippen molar-refractivity contribution in [3.05, 3.63) is 88.0 Å². The van der Waals surface area contributed by atoms with Crippen molar-refractivity contribution in [3.63, 3.8) is 0 Å². The number of para-hydroxylation sites is 1. The Kier molecular flexibility index (Phi) is 5.77. The van der Waals surface area contributed by atoms with Crippen molar-refractivity contribution in [2.45, 2.75) is 26.8 Å². The van der Waals surface area contributed by atoms with Gasteiger partial charge < -0.3 is 4.90 Å². The largest absolute Gasteiger partial charge is 0.336 e. The van der Waals surface area contributed by atoms with Gasteiger partial charge in [0.1, 0.15) is 4.88 Å². The summed E-state index contributed by atoms with van der Waals surface area (Å²) in [7, 11) is 1.84. The maximum absolute atomic E-state index is 13.1. The zero-order valence-electron chi connectivity index (χ0n) is 17.4. The fourth-order valence-corrected chi connectivity index (χ4v) is 4.38. The second-order valence-corrected chi connectivity index (χ2v) is 8.27. The van der Waals surface area contributed by atoms with Gasteiger partial charge in [-0.05, 0) is 25.5 Å². The lowest BCUT2D eigenvalue weighted by atomic mass is 10.1. The zero-order valence-corrected chi connectivity index (χ0v) is 18.2. The Labute approximate surface area is 180 Å². The Balaban J connectivity index is 1.68. The SMILES string of the molecule is CCc1nc(C)c(C(=O)N(C)Cc2cn(-c3ccccc3)nc2-c2ccccc2)s1. The number of hydrogen-bond donors (Lipinski definition) is 0. The third kappa shape index (κ3) is 4.04. The number of hydrogen-bond acceptors (Lipinski definition) is 4. The van der Waals surface area contributed by atoms with Gasteiger partial charge in [0.25, 0.3) is 5.91 Å². The maximum Gasteiger partial charge on any atom is 0.265 e. The summed E-state index contributed by atoms with van der Waals surface area (Å²) in [6, 6.07) is 20.1. The minimum Gasteiger partial charge on any atom is -0.336 e. The molecule has 0 atom stereocenters. The van der Waals surface area contributed by atoms with E-state index in [1.807, 2.05) is 85.5 Å². The van der Waals surface area contributed by atoms with E-state index in [0.717, 1.165) is 39.6 Å². The highest BCUT2D eigenvalue weighted by Gasteiger charge is 2.21. The van der Waals surface area contributed by atoms with E-state index in [-0.39, 0.29) is 5.91 Å². The van der Waals surface area contributed by atoms with Gasteiger partial charge in [-0.2, -0.15) is 5.10 Å². The minimum atomic E-state index is -0.00354. The van der Waals surface area contributed by atoms with Gasteiger partial charge in [0.05, 0.1) is 22.1 Å². The van der Waals surface area contributed by atoms with E-state index < -0.39 is 0 Å². The summed E-state index contributed by atoms with van der Waals surface area (Å²) in [6.45, 7) is 4.43. The van der Waals surface area contributed by atoms with E-state index >= 15 is 0 Å². The second-order valence-electron chi connectivity index (χ2n) is 7.19. The molecule has 4 rings (SSSR count). The number of aryl methyl sites for hydroxylation is 2. The predicted octanol–water partition coefficient (Wildman–Crippen LogP) is 5.14. The molecule has 30 heavy (non-hydrogen) atoms.